The van der Waals surface area contributed by atoms with Gasteiger partial charge in [-0.2, -0.15) is 5.10 Å². The van der Waals surface area contributed by atoms with Crippen LogP contribution in [0.2, 0.25) is 0 Å². The van der Waals surface area contributed by atoms with Gasteiger partial charge in [0, 0.05) is 5.71 Å². The lowest BCUT2D eigenvalue weighted by Gasteiger charge is -2.13. The molecule has 0 aliphatic carbocycles. The first-order valence-electron chi connectivity index (χ1n) is 8.20. The van der Waals surface area contributed by atoms with Crippen LogP contribution in [0, 0.1) is 5.92 Å². The second kappa shape index (κ2) is 8.28. The smallest absolute Gasteiger partial charge is 0.314 e. The summed E-state index contributed by atoms with van der Waals surface area (Å²) >= 11 is 0. The molecule has 0 saturated carbocycles. The van der Waals surface area contributed by atoms with Gasteiger partial charge in [-0.3, -0.25) is 9.59 Å². The zero-order valence-electron chi connectivity index (χ0n) is 14.6. The van der Waals surface area contributed by atoms with Crippen LogP contribution in [-0.2, 0) is 9.53 Å². The van der Waals surface area contributed by atoms with Crippen molar-refractivity contribution in [1.82, 2.24) is 5.43 Å². The molecule has 2 N–H and O–H groups in total. The Kier molecular flexibility index (Phi) is 6.11. The Morgan fingerprint density at radius 1 is 1.20 bits per heavy atom. The summed E-state index contributed by atoms with van der Waals surface area (Å²) in [5.41, 5.74) is 2.98. The lowest BCUT2D eigenvalue weighted by molar-refractivity contribution is -0.145. The van der Waals surface area contributed by atoms with Crippen LogP contribution < -0.4 is 5.43 Å². The van der Waals surface area contributed by atoms with Crippen molar-refractivity contribution in [3.05, 3.63) is 42.0 Å². The van der Waals surface area contributed by atoms with Crippen LogP contribution in [0.25, 0.3) is 10.8 Å². The SMILES string of the molecule is CCOC(=O)[C@H](CC)/C(C)=N/NC(=O)c1cc2ccccc2cc1O. The second-order valence-corrected chi connectivity index (χ2v) is 5.62. The maximum atomic E-state index is 12.3. The number of aromatic hydroxyl groups is 1. The normalized spacial score (nSPS) is 12.7. The molecule has 132 valence electrons. The van der Waals surface area contributed by atoms with Gasteiger partial charge in [0.1, 0.15) is 5.75 Å². The van der Waals surface area contributed by atoms with Crippen LogP contribution in [0.3, 0.4) is 0 Å². The Labute approximate surface area is 146 Å². The van der Waals surface area contributed by atoms with E-state index < -0.39 is 11.8 Å². The van der Waals surface area contributed by atoms with Gasteiger partial charge in [-0.1, -0.05) is 31.2 Å². The summed E-state index contributed by atoms with van der Waals surface area (Å²) in [6.07, 6.45) is 0.519. The number of ether oxygens (including phenoxy) is 1. The number of benzene rings is 2. The number of fused-ring (bicyclic) bond motifs is 1. The first kappa shape index (κ1) is 18.4. The Morgan fingerprint density at radius 2 is 1.84 bits per heavy atom. The fraction of sp³-hybridized carbons (Fsp3) is 0.316. The number of phenols is 1. The van der Waals surface area contributed by atoms with Crippen LogP contribution in [-0.4, -0.2) is 29.3 Å². The van der Waals surface area contributed by atoms with Crippen molar-refractivity contribution in [3.8, 4) is 5.75 Å². The summed E-state index contributed by atoms with van der Waals surface area (Å²) in [6.45, 7) is 5.53. The van der Waals surface area contributed by atoms with Crippen molar-refractivity contribution >= 4 is 28.4 Å². The average molecular weight is 342 g/mol. The van der Waals surface area contributed by atoms with Crippen molar-refractivity contribution < 1.29 is 19.4 Å². The minimum atomic E-state index is -0.540. The van der Waals surface area contributed by atoms with Crippen LogP contribution >= 0.6 is 0 Å². The molecular weight excluding hydrogens is 320 g/mol. The van der Waals surface area contributed by atoms with E-state index in [2.05, 4.69) is 10.5 Å². The van der Waals surface area contributed by atoms with Crippen molar-refractivity contribution in [2.24, 2.45) is 11.0 Å². The number of phenolic OH excluding ortho intramolecular Hbond substituents is 1. The van der Waals surface area contributed by atoms with E-state index in [0.717, 1.165) is 10.8 Å². The van der Waals surface area contributed by atoms with Gasteiger partial charge in [-0.25, -0.2) is 5.43 Å². The van der Waals surface area contributed by atoms with E-state index in [1.807, 2.05) is 31.2 Å². The van der Waals surface area contributed by atoms with Crippen LogP contribution in [0.1, 0.15) is 37.6 Å². The van der Waals surface area contributed by atoms with E-state index in [0.29, 0.717) is 18.7 Å². The largest absolute Gasteiger partial charge is 0.507 e. The van der Waals surface area contributed by atoms with Crippen molar-refractivity contribution in [2.45, 2.75) is 27.2 Å². The van der Waals surface area contributed by atoms with E-state index in [9.17, 15) is 14.7 Å². The number of hydrogen-bond acceptors (Lipinski definition) is 5. The predicted molar refractivity (Wildman–Crippen MR) is 96.6 cm³/mol. The predicted octanol–water partition coefficient (Wildman–Crippen LogP) is 3.24. The summed E-state index contributed by atoms with van der Waals surface area (Å²) in [6, 6.07) is 10.6. The van der Waals surface area contributed by atoms with Crippen molar-refractivity contribution in [3.63, 3.8) is 0 Å². The van der Waals surface area contributed by atoms with Crippen LogP contribution in [0.5, 0.6) is 5.75 Å². The molecule has 1 atom stereocenters. The highest BCUT2D eigenvalue weighted by Crippen LogP contribution is 2.24. The molecule has 0 bridgehead atoms. The third-order valence-corrected chi connectivity index (χ3v) is 3.93. The number of rotatable bonds is 6. The van der Waals surface area contributed by atoms with Crippen molar-refractivity contribution in [2.75, 3.05) is 6.61 Å². The lowest BCUT2D eigenvalue weighted by Crippen LogP contribution is -2.27. The summed E-state index contributed by atoms with van der Waals surface area (Å²) in [7, 11) is 0. The summed E-state index contributed by atoms with van der Waals surface area (Å²) < 4.78 is 5.00. The second-order valence-electron chi connectivity index (χ2n) is 5.62. The molecule has 0 unspecified atom stereocenters. The molecule has 2 aromatic rings. The van der Waals surface area contributed by atoms with Crippen LogP contribution in [0.15, 0.2) is 41.5 Å². The lowest BCUT2D eigenvalue weighted by atomic mass is 10.0. The van der Waals surface area contributed by atoms with Gasteiger partial charge < -0.3 is 9.84 Å². The molecule has 0 aliphatic rings. The van der Waals surface area contributed by atoms with E-state index in [1.54, 1.807) is 19.9 Å². The first-order valence-corrected chi connectivity index (χ1v) is 8.20. The van der Waals surface area contributed by atoms with Gasteiger partial charge in [0.25, 0.3) is 5.91 Å². The maximum absolute atomic E-state index is 12.3. The molecule has 0 saturated heterocycles. The molecule has 0 aromatic heterocycles. The first-order chi connectivity index (χ1) is 12.0. The molecule has 6 nitrogen and oxygen atoms in total. The summed E-state index contributed by atoms with van der Waals surface area (Å²) in [5.74, 6) is -1.54. The molecule has 0 radical (unpaired) electrons. The van der Waals surface area contributed by atoms with Gasteiger partial charge in [0.2, 0.25) is 0 Å². The van der Waals surface area contributed by atoms with E-state index in [-0.39, 0.29) is 17.3 Å². The molecule has 25 heavy (non-hydrogen) atoms. The topological polar surface area (TPSA) is 88.0 Å². The number of carbonyl (C=O) groups excluding carboxylic acids is 2. The average Bonchev–Trinajstić information content (AvgIpc) is 2.60. The Bertz CT molecular complexity index is 814. The summed E-state index contributed by atoms with van der Waals surface area (Å²) in [5, 5.41) is 15.8. The zero-order chi connectivity index (χ0) is 18.4. The molecule has 2 aromatic carbocycles. The van der Waals surface area contributed by atoms with Crippen molar-refractivity contribution in [1.29, 1.82) is 0 Å². The zero-order valence-corrected chi connectivity index (χ0v) is 14.6. The number of hydrazone groups is 1. The highest BCUT2D eigenvalue weighted by atomic mass is 16.5. The molecule has 0 spiro atoms. The van der Waals surface area contributed by atoms with Gasteiger partial charge in [-0.05, 0) is 43.2 Å². The quantitative estimate of drug-likeness (QED) is 0.479. The maximum Gasteiger partial charge on any atom is 0.314 e. The van der Waals surface area contributed by atoms with Crippen LogP contribution in [0.4, 0.5) is 0 Å². The molecule has 2 rings (SSSR count). The van der Waals surface area contributed by atoms with Gasteiger partial charge in [-0.15, -0.1) is 0 Å². The Hall–Kier alpha value is -2.89. The highest BCUT2D eigenvalue weighted by Gasteiger charge is 2.21. The number of esters is 1. The highest BCUT2D eigenvalue weighted by molar-refractivity contribution is 6.04. The van der Waals surface area contributed by atoms with Gasteiger partial charge >= 0.3 is 5.97 Å². The molecule has 0 heterocycles. The fourth-order valence-electron chi connectivity index (χ4n) is 2.56. The monoisotopic (exact) mass is 342 g/mol. The molecule has 6 heteroatoms. The third-order valence-electron chi connectivity index (χ3n) is 3.93. The number of amides is 1. The Balaban J connectivity index is 2.18. The van der Waals surface area contributed by atoms with E-state index in [1.165, 1.54) is 6.07 Å². The number of nitrogens with one attached hydrogen (secondary N) is 1. The standard InChI is InChI=1S/C19H22N2O4/c1-4-15(19(24)25-5-2)12(3)20-21-18(23)16-10-13-8-6-7-9-14(13)11-17(16)22/h6-11,15,22H,4-5H2,1-3H3,(H,21,23)/b20-12+/t15-/m1/s1. The molecular formula is C19H22N2O4. The van der Waals surface area contributed by atoms with Gasteiger partial charge in [0.05, 0.1) is 18.1 Å². The van der Waals surface area contributed by atoms with E-state index in [4.69, 9.17) is 4.74 Å². The summed E-state index contributed by atoms with van der Waals surface area (Å²) in [4.78, 5) is 24.2. The third kappa shape index (κ3) is 4.35. The minimum absolute atomic E-state index is 0.124. The number of hydrogen-bond donors (Lipinski definition) is 2. The molecule has 0 fully saturated rings. The van der Waals surface area contributed by atoms with E-state index >= 15 is 0 Å². The van der Waals surface area contributed by atoms with Gasteiger partial charge in [0.15, 0.2) is 0 Å². The fourth-order valence-corrected chi connectivity index (χ4v) is 2.56. The Morgan fingerprint density at radius 3 is 2.44 bits per heavy atom. The number of nitrogens with zero attached hydrogens (tertiary/aromatic N) is 1. The molecule has 1 amide bonds. The minimum Gasteiger partial charge on any atom is -0.507 e. The molecule has 0 aliphatic heterocycles. The number of carbonyl (C=O) groups is 2.